The van der Waals surface area contributed by atoms with Crippen molar-refractivity contribution in [3.63, 3.8) is 0 Å². The number of benzene rings is 1. The fraction of sp³-hybridized carbons (Fsp3) is 0.621. The lowest BCUT2D eigenvalue weighted by molar-refractivity contribution is -0.139. The van der Waals surface area contributed by atoms with E-state index < -0.39 is 6.04 Å². The van der Waals surface area contributed by atoms with Crippen LogP contribution in [0.1, 0.15) is 64.7 Å². The molecule has 9 heteroatoms. The molecule has 8 nitrogen and oxygen atoms in total. The van der Waals surface area contributed by atoms with Crippen molar-refractivity contribution in [1.29, 1.82) is 0 Å². The molecule has 5 rings (SSSR count). The van der Waals surface area contributed by atoms with Gasteiger partial charge in [0.1, 0.15) is 6.04 Å². The third-order valence-corrected chi connectivity index (χ3v) is 9.00. The molecule has 38 heavy (non-hydrogen) atoms. The zero-order valence-electron chi connectivity index (χ0n) is 22.5. The van der Waals surface area contributed by atoms with Gasteiger partial charge in [-0.2, -0.15) is 0 Å². The van der Waals surface area contributed by atoms with Crippen molar-refractivity contribution in [2.24, 2.45) is 5.92 Å². The van der Waals surface area contributed by atoms with Gasteiger partial charge in [-0.3, -0.25) is 14.4 Å². The maximum absolute atomic E-state index is 14.1. The SMILES string of the molecule is CN[C@@H](C)C(=O)N[C@H](C(=O)N1CCC[C@H]1Cn1cc(N2CCCC2=O)c2cc(Cl)ccc21)C1CCCCC1. The number of nitrogens with zero attached hydrogens (tertiary/aromatic N) is 3. The van der Waals surface area contributed by atoms with Crippen LogP contribution in [0.5, 0.6) is 0 Å². The molecule has 2 aromatic rings. The first kappa shape index (κ1) is 27.0. The van der Waals surface area contributed by atoms with Gasteiger partial charge in [-0.1, -0.05) is 30.9 Å². The molecule has 3 amide bonds. The Morgan fingerprint density at radius 3 is 2.58 bits per heavy atom. The Hall–Kier alpha value is -2.58. The summed E-state index contributed by atoms with van der Waals surface area (Å²) in [5.74, 6) is 0.238. The number of rotatable bonds is 8. The molecule has 3 fully saturated rings. The second kappa shape index (κ2) is 11.7. The number of aromatic nitrogens is 1. The van der Waals surface area contributed by atoms with E-state index in [0.29, 0.717) is 31.1 Å². The van der Waals surface area contributed by atoms with Crippen LogP contribution in [0.15, 0.2) is 24.4 Å². The van der Waals surface area contributed by atoms with Gasteiger partial charge in [0.25, 0.3) is 0 Å². The van der Waals surface area contributed by atoms with Gasteiger partial charge in [-0.15, -0.1) is 0 Å². The Morgan fingerprint density at radius 1 is 1.08 bits per heavy atom. The molecule has 1 aromatic carbocycles. The van der Waals surface area contributed by atoms with Crippen LogP contribution < -0.4 is 15.5 Å². The smallest absolute Gasteiger partial charge is 0.245 e. The van der Waals surface area contributed by atoms with Gasteiger partial charge in [0, 0.05) is 48.7 Å². The average molecular weight is 542 g/mol. The predicted molar refractivity (Wildman–Crippen MR) is 150 cm³/mol. The molecule has 0 bridgehead atoms. The highest BCUT2D eigenvalue weighted by atomic mass is 35.5. The number of hydrogen-bond donors (Lipinski definition) is 2. The molecule has 3 aliphatic rings. The zero-order valence-corrected chi connectivity index (χ0v) is 23.3. The van der Waals surface area contributed by atoms with Crippen molar-refractivity contribution in [3.05, 3.63) is 29.4 Å². The first-order chi connectivity index (χ1) is 18.4. The molecule has 1 aromatic heterocycles. The highest BCUT2D eigenvalue weighted by molar-refractivity contribution is 6.31. The number of halogens is 1. The lowest BCUT2D eigenvalue weighted by Crippen LogP contribution is -2.56. The summed E-state index contributed by atoms with van der Waals surface area (Å²) in [6.45, 7) is 3.88. The quantitative estimate of drug-likeness (QED) is 0.527. The van der Waals surface area contributed by atoms with Crippen LogP contribution in [0, 0.1) is 5.92 Å². The standard InChI is InChI=1S/C29H40ClN5O3/c1-19(31-2)28(37)32-27(20-8-4-3-5-9-20)29(38)34-14-6-10-22(34)17-33-18-25(35-15-7-11-26(35)36)23-16-21(30)12-13-24(23)33/h12-13,16,18-20,22,27,31H,3-11,14-15,17H2,1-2H3,(H,32,37)/t19-,22-,27-/m0/s1. The highest BCUT2D eigenvalue weighted by Gasteiger charge is 2.39. The Bertz CT molecular complexity index is 1190. The third kappa shape index (κ3) is 5.43. The van der Waals surface area contributed by atoms with Gasteiger partial charge in [-0.05, 0) is 70.2 Å². The third-order valence-electron chi connectivity index (χ3n) is 8.77. The number of likely N-dealkylation sites (N-methyl/N-ethyl adjacent to an activating group) is 1. The molecule has 3 atom stereocenters. The number of carbonyl (C=O) groups is 3. The molecule has 2 N–H and O–H groups in total. The van der Waals surface area contributed by atoms with E-state index in [2.05, 4.69) is 21.4 Å². The molecule has 1 saturated carbocycles. The molecular formula is C29H40ClN5O3. The monoisotopic (exact) mass is 541 g/mol. The molecule has 0 radical (unpaired) electrons. The molecule has 1 aliphatic carbocycles. The van der Waals surface area contributed by atoms with Crippen molar-refractivity contribution in [2.75, 3.05) is 25.0 Å². The van der Waals surface area contributed by atoms with Crippen LogP contribution >= 0.6 is 11.6 Å². The summed E-state index contributed by atoms with van der Waals surface area (Å²) in [4.78, 5) is 43.4. The molecule has 3 heterocycles. The molecule has 0 spiro atoms. The van der Waals surface area contributed by atoms with E-state index in [-0.39, 0.29) is 35.7 Å². The molecule has 206 valence electrons. The van der Waals surface area contributed by atoms with E-state index in [9.17, 15) is 14.4 Å². The van der Waals surface area contributed by atoms with E-state index in [0.717, 1.165) is 61.5 Å². The Morgan fingerprint density at radius 2 is 1.87 bits per heavy atom. The summed E-state index contributed by atoms with van der Waals surface area (Å²) in [5, 5.41) is 7.73. The summed E-state index contributed by atoms with van der Waals surface area (Å²) in [6, 6.07) is 5.01. The minimum absolute atomic E-state index is 0.0284. The number of hydrogen-bond acceptors (Lipinski definition) is 4. The van der Waals surface area contributed by atoms with E-state index >= 15 is 0 Å². The Balaban J connectivity index is 1.40. The van der Waals surface area contributed by atoms with Crippen LogP contribution in [0.4, 0.5) is 5.69 Å². The minimum atomic E-state index is -0.489. The number of likely N-dealkylation sites (tertiary alicyclic amines) is 1. The van der Waals surface area contributed by atoms with Crippen molar-refractivity contribution in [2.45, 2.75) is 89.4 Å². The van der Waals surface area contributed by atoms with E-state index in [1.807, 2.05) is 34.9 Å². The maximum Gasteiger partial charge on any atom is 0.245 e. The molecular weight excluding hydrogens is 502 g/mol. The topological polar surface area (TPSA) is 86.7 Å². The normalized spacial score (nSPS) is 22.3. The number of amides is 3. The average Bonchev–Trinajstić information content (AvgIpc) is 3.65. The van der Waals surface area contributed by atoms with Crippen molar-refractivity contribution in [1.82, 2.24) is 20.1 Å². The summed E-state index contributed by atoms with van der Waals surface area (Å²) in [6.07, 6.45) is 10.7. The molecule has 2 saturated heterocycles. The fourth-order valence-corrected chi connectivity index (χ4v) is 6.67. The van der Waals surface area contributed by atoms with Crippen molar-refractivity contribution in [3.8, 4) is 0 Å². The minimum Gasteiger partial charge on any atom is -0.343 e. The second-order valence-electron chi connectivity index (χ2n) is 11.2. The number of fused-ring (bicyclic) bond motifs is 1. The van der Waals surface area contributed by atoms with Gasteiger partial charge in [-0.25, -0.2) is 0 Å². The van der Waals surface area contributed by atoms with Gasteiger partial charge in [0.05, 0.1) is 17.2 Å². The highest BCUT2D eigenvalue weighted by Crippen LogP contribution is 2.35. The van der Waals surface area contributed by atoms with Crippen LogP contribution in [-0.2, 0) is 20.9 Å². The van der Waals surface area contributed by atoms with Gasteiger partial charge in [0.2, 0.25) is 17.7 Å². The second-order valence-corrected chi connectivity index (χ2v) is 11.6. The van der Waals surface area contributed by atoms with Crippen molar-refractivity contribution >= 4 is 45.9 Å². The summed E-state index contributed by atoms with van der Waals surface area (Å²) in [7, 11) is 1.76. The van der Waals surface area contributed by atoms with E-state index in [1.54, 1.807) is 7.05 Å². The predicted octanol–water partition coefficient (Wildman–Crippen LogP) is 4.09. The summed E-state index contributed by atoms with van der Waals surface area (Å²) in [5.41, 5.74) is 1.91. The summed E-state index contributed by atoms with van der Waals surface area (Å²) < 4.78 is 2.18. The number of carbonyl (C=O) groups excluding carboxylic acids is 3. The Labute approximate surface area is 230 Å². The van der Waals surface area contributed by atoms with Gasteiger partial charge >= 0.3 is 0 Å². The van der Waals surface area contributed by atoms with Gasteiger partial charge in [0.15, 0.2) is 0 Å². The molecule has 0 unspecified atom stereocenters. The first-order valence-electron chi connectivity index (χ1n) is 14.2. The van der Waals surface area contributed by atoms with Crippen LogP contribution in [0.3, 0.4) is 0 Å². The Kier molecular flexibility index (Phi) is 8.29. The first-order valence-corrected chi connectivity index (χ1v) is 14.6. The fourth-order valence-electron chi connectivity index (χ4n) is 6.50. The maximum atomic E-state index is 14.1. The number of nitrogens with one attached hydrogen (secondary N) is 2. The lowest BCUT2D eigenvalue weighted by atomic mass is 9.83. The zero-order chi connectivity index (χ0) is 26.8. The lowest BCUT2D eigenvalue weighted by Gasteiger charge is -2.35. The summed E-state index contributed by atoms with van der Waals surface area (Å²) >= 11 is 6.36. The van der Waals surface area contributed by atoms with E-state index in [4.69, 9.17) is 11.6 Å². The van der Waals surface area contributed by atoms with E-state index in [1.165, 1.54) is 6.42 Å². The van der Waals surface area contributed by atoms with Crippen molar-refractivity contribution < 1.29 is 14.4 Å². The molecule has 2 aliphatic heterocycles. The van der Waals surface area contributed by atoms with Gasteiger partial charge < -0.3 is 25.0 Å². The number of anilines is 1. The van der Waals surface area contributed by atoms with Crippen LogP contribution in [-0.4, -0.2) is 65.5 Å². The van der Waals surface area contributed by atoms with Crippen LogP contribution in [0.25, 0.3) is 10.9 Å². The van der Waals surface area contributed by atoms with Crippen LogP contribution in [0.2, 0.25) is 5.02 Å². The largest absolute Gasteiger partial charge is 0.343 e.